The molecule has 5 nitrogen and oxygen atoms in total. The van der Waals surface area contributed by atoms with Gasteiger partial charge in [0.1, 0.15) is 5.60 Å². The summed E-state index contributed by atoms with van der Waals surface area (Å²) in [6.07, 6.45) is 1.38. The molecule has 0 aromatic heterocycles. The van der Waals surface area contributed by atoms with Gasteiger partial charge in [-0.05, 0) is 26.2 Å². The standard InChI is InChI=1S/C11H22N2O3/c1-3-10(2,15)8-13-6-4-11(16,5-7-13)9(12)14/h15-16H,3-8H2,1-2H3,(H2,12,14). The Morgan fingerprint density at radius 3 is 2.38 bits per heavy atom. The van der Waals surface area contributed by atoms with E-state index < -0.39 is 17.1 Å². The molecule has 0 bridgehead atoms. The third-order valence-corrected chi connectivity index (χ3v) is 3.47. The van der Waals surface area contributed by atoms with Crippen molar-refractivity contribution in [2.45, 2.75) is 44.3 Å². The predicted molar refractivity (Wildman–Crippen MR) is 60.7 cm³/mol. The summed E-state index contributed by atoms with van der Waals surface area (Å²) in [5.41, 5.74) is 3.08. The van der Waals surface area contributed by atoms with Crippen molar-refractivity contribution in [2.24, 2.45) is 5.73 Å². The van der Waals surface area contributed by atoms with Crippen molar-refractivity contribution in [3.05, 3.63) is 0 Å². The number of hydrogen-bond acceptors (Lipinski definition) is 4. The molecule has 1 unspecified atom stereocenters. The van der Waals surface area contributed by atoms with Crippen LogP contribution in [0.3, 0.4) is 0 Å². The zero-order valence-corrected chi connectivity index (χ0v) is 10.1. The fourth-order valence-corrected chi connectivity index (χ4v) is 1.92. The molecule has 1 fully saturated rings. The van der Waals surface area contributed by atoms with Crippen LogP contribution in [0, 0.1) is 0 Å². The molecule has 0 saturated carbocycles. The van der Waals surface area contributed by atoms with Crippen molar-refractivity contribution in [2.75, 3.05) is 19.6 Å². The highest BCUT2D eigenvalue weighted by Gasteiger charge is 2.38. The predicted octanol–water partition coefficient (Wildman–Crippen LogP) is -0.540. The van der Waals surface area contributed by atoms with Gasteiger partial charge in [0, 0.05) is 19.6 Å². The van der Waals surface area contributed by atoms with E-state index in [4.69, 9.17) is 5.73 Å². The molecule has 1 aliphatic heterocycles. The maximum atomic E-state index is 11.0. The number of nitrogens with zero attached hydrogens (tertiary/aromatic N) is 1. The lowest BCUT2D eigenvalue weighted by atomic mass is 9.90. The zero-order valence-electron chi connectivity index (χ0n) is 10.1. The quantitative estimate of drug-likeness (QED) is 0.605. The Bertz CT molecular complexity index is 258. The number of carbonyl (C=O) groups excluding carboxylic acids is 1. The number of hydrogen-bond donors (Lipinski definition) is 3. The summed E-state index contributed by atoms with van der Waals surface area (Å²) >= 11 is 0. The first-order valence-electron chi connectivity index (χ1n) is 5.76. The molecule has 1 atom stereocenters. The highest BCUT2D eigenvalue weighted by molar-refractivity contribution is 5.83. The summed E-state index contributed by atoms with van der Waals surface area (Å²) in [4.78, 5) is 13.1. The second-order valence-electron chi connectivity index (χ2n) is 5.02. The number of nitrogens with two attached hydrogens (primary N) is 1. The Hall–Kier alpha value is -0.650. The first-order valence-corrected chi connectivity index (χ1v) is 5.76. The van der Waals surface area contributed by atoms with Gasteiger partial charge in [0.2, 0.25) is 5.91 Å². The van der Waals surface area contributed by atoms with Gasteiger partial charge in [-0.2, -0.15) is 0 Å². The fourth-order valence-electron chi connectivity index (χ4n) is 1.92. The molecule has 0 aromatic rings. The summed E-state index contributed by atoms with van der Waals surface area (Å²) in [6, 6.07) is 0. The van der Waals surface area contributed by atoms with Gasteiger partial charge in [-0.1, -0.05) is 6.92 Å². The number of likely N-dealkylation sites (tertiary alicyclic amines) is 1. The van der Waals surface area contributed by atoms with E-state index >= 15 is 0 Å². The highest BCUT2D eigenvalue weighted by atomic mass is 16.3. The van der Waals surface area contributed by atoms with E-state index in [0.29, 0.717) is 38.9 Å². The number of β-amino-alcohol motifs (C(OH)–C–C–N with tert-alkyl or cyclic N) is 1. The average Bonchev–Trinajstić information content (AvgIpc) is 2.21. The van der Waals surface area contributed by atoms with Crippen molar-refractivity contribution < 1.29 is 15.0 Å². The minimum Gasteiger partial charge on any atom is -0.389 e. The van der Waals surface area contributed by atoms with Gasteiger partial charge in [-0.25, -0.2) is 0 Å². The van der Waals surface area contributed by atoms with Crippen LogP contribution in [0.4, 0.5) is 0 Å². The van der Waals surface area contributed by atoms with Crippen LogP contribution in [0.1, 0.15) is 33.1 Å². The van der Waals surface area contributed by atoms with E-state index in [9.17, 15) is 15.0 Å². The van der Waals surface area contributed by atoms with Crippen LogP contribution in [0.2, 0.25) is 0 Å². The molecule has 1 amide bonds. The third kappa shape index (κ3) is 3.17. The molecule has 1 heterocycles. The van der Waals surface area contributed by atoms with Crippen molar-refractivity contribution in [1.29, 1.82) is 0 Å². The Labute approximate surface area is 96.2 Å². The first kappa shape index (κ1) is 13.4. The second-order valence-corrected chi connectivity index (χ2v) is 5.02. The molecule has 1 saturated heterocycles. The number of primary amides is 1. The maximum Gasteiger partial charge on any atom is 0.249 e. The molecular formula is C11H22N2O3. The van der Waals surface area contributed by atoms with Crippen molar-refractivity contribution in [3.63, 3.8) is 0 Å². The van der Waals surface area contributed by atoms with Crippen molar-refractivity contribution >= 4 is 5.91 Å². The second kappa shape index (κ2) is 4.69. The van der Waals surface area contributed by atoms with Gasteiger partial charge >= 0.3 is 0 Å². The number of aliphatic hydroxyl groups is 2. The van der Waals surface area contributed by atoms with Gasteiger partial charge < -0.3 is 20.8 Å². The molecular weight excluding hydrogens is 208 g/mol. The van der Waals surface area contributed by atoms with Gasteiger partial charge in [0.25, 0.3) is 0 Å². The lowest BCUT2D eigenvalue weighted by Crippen LogP contribution is -2.54. The van der Waals surface area contributed by atoms with Crippen LogP contribution < -0.4 is 5.73 Å². The van der Waals surface area contributed by atoms with E-state index in [1.165, 1.54) is 0 Å². The van der Waals surface area contributed by atoms with Crippen molar-refractivity contribution in [3.8, 4) is 0 Å². The number of piperidine rings is 1. The van der Waals surface area contributed by atoms with E-state index in [1.54, 1.807) is 6.92 Å². The monoisotopic (exact) mass is 230 g/mol. The van der Waals surface area contributed by atoms with E-state index in [2.05, 4.69) is 4.90 Å². The summed E-state index contributed by atoms with van der Waals surface area (Å²) in [5.74, 6) is -0.644. The molecule has 0 aromatic carbocycles. The van der Waals surface area contributed by atoms with E-state index in [1.807, 2.05) is 6.92 Å². The van der Waals surface area contributed by atoms with Gasteiger partial charge in [0.05, 0.1) is 5.60 Å². The molecule has 1 aliphatic rings. The van der Waals surface area contributed by atoms with Crippen molar-refractivity contribution in [1.82, 2.24) is 4.90 Å². The molecule has 0 radical (unpaired) electrons. The first-order chi connectivity index (χ1) is 7.29. The third-order valence-electron chi connectivity index (χ3n) is 3.47. The number of carbonyl (C=O) groups is 1. The molecule has 0 spiro atoms. The molecule has 94 valence electrons. The average molecular weight is 230 g/mol. The lowest BCUT2D eigenvalue weighted by molar-refractivity contribution is -0.141. The number of amides is 1. The summed E-state index contributed by atoms with van der Waals surface area (Å²) in [5, 5.41) is 19.8. The zero-order chi connectivity index (χ0) is 12.4. The summed E-state index contributed by atoms with van der Waals surface area (Å²) < 4.78 is 0. The number of rotatable bonds is 4. The van der Waals surface area contributed by atoms with Gasteiger partial charge in [0.15, 0.2) is 0 Å². The molecule has 5 heteroatoms. The SMILES string of the molecule is CCC(C)(O)CN1CCC(O)(C(N)=O)CC1. The molecule has 0 aliphatic carbocycles. The highest BCUT2D eigenvalue weighted by Crippen LogP contribution is 2.23. The smallest absolute Gasteiger partial charge is 0.249 e. The van der Waals surface area contributed by atoms with Crippen LogP contribution in [0.25, 0.3) is 0 Å². The summed E-state index contributed by atoms with van der Waals surface area (Å²) in [7, 11) is 0. The molecule has 4 N–H and O–H groups in total. The van der Waals surface area contributed by atoms with Gasteiger partial charge in [-0.15, -0.1) is 0 Å². The minimum absolute atomic E-state index is 0.349. The van der Waals surface area contributed by atoms with Crippen LogP contribution in [0.5, 0.6) is 0 Å². The maximum absolute atomic E-state index is 11.0. The van der Waals surface area contributed by atoms with Crippen LogP contribution in [0.15, 0.2) is 0 Å². The van der Waals surface area contributed by atoms with E-state index in [-0.39, 0.29) is 0 Å². The van der Waals surface area contributed by atoms with Crippen LogP contribution in [-0.2, 0) is 4.79 Å². The molecule has 1 rings (SSSR count). The Morgan fingerprint density at radius 1 is 1.50 bits per heavy atom. The fraction of sp³-hybridized carbons (Fsp3) is 0.909. The van der Waals surface area contributed by atoms with Gasteiger partial charge in [-0.3, -0.25) is 4.79 Å². The topological polar surface area (TPSA) is 86.8 Å². The largest absolute Gasteiger partial charge is 0.389 e. The summed E-state index contributed by atoms with van der Waals surface area (Å²) in [6.45, 7) is 5.48. The lowest BCUT2D eigenvalue weighted by Gasteiger charge is -2.39. The van der Waals surface area contributed by atoms with E-state index in [0.717, 1.165) is 0 Å². The van der Waals surface area contributed by atoms with Crippen LogP contribution >= 0.6 is 0 Å². The Morgan fingerprint density at radius 2 is 2.00 bits per heavy atom. The Balaban J connectivity index is 2.47. The normalized spacial score (nSPS) is 25.0. The Kier molecular flexibility index (Phi) is 3.93. The molecule has 16 heavy (non-hydrogen) atoms. The minimum atomic E-state index is -1.35. The van der Waals surface area contributed by atoms with Crippen LogP contribution in [-0.4, -0.2) is 51.9 Å².